The van der Waals surface area contributed by atoms with Crippen LogP contribution in [-0.4, -0.2) is 31.7 Å². The fourth-order valence-corrected chi connectivity index (χ4v) is 2.85. The topological polar surface area (TPSA) is 77.7 Å². The van der Waals surface area contributed by atoms with Gasteiger partial charge in [-0.2, -0.15) is 10.2 Å². The largest absolute Gasteiger partial charge is 0.496 e. The molecule has 0 aliphatic carbocycles. The van der Waals surface area contributed by atoms with Crippen LogP contribution < -0.4 is 10.4 Å². The normalized spacial score (nSPS) is 10.8. The molecule has 0 aliphatic heterocycles. The van der Waals surface area contributed by atoms with Crippen molar-refractivity contribution in [3.63, 3.8) is 0 Å². The van der Waals surface area contributed by atoms with Crippen LogP contribution in [0.25, 0.3) is 16.8 Å². The second kappa shape index (κ2) is 6.72. The van der Waals surface area contributed by atoms with Crippen LogP contribution in [0.15, 0.2) is 72.0 Å². The molecule has 0 spiro atoms. The quantitative estimate of drug-likeness (QED) is 0.602. The third kappa shape index (κ3) is 2.90. The minimum Gasteiger partial charge on any atom is -0.496 e. The number of aromatic amines is 1. The molecule has 4 aromatic rings. The van der Waals surface area contributed by atoms with E-state index in [0.717, 1.165) is 16.7 Å². The lowest BCUT2D eigenvalue weighted by Crippen LogP contribution is -2.24. The van der Waals surface area contributed by atoms with E-state index < -0.39 is 0 Å². The van der Waals surface area contributed by atoms with Crippen molar-refractivity contribution in [3.05, 3.63) is 83.3 Å². The van der Waals surface area contributed by atoms with Gasteiger partial charge in [0.15, 0.2) is 0 Å². The molecular formula is C19H17N5O2. The summed E-state index contributed by atoms with van der Waals surface area (Å²) in [5.41, 5.74) is 3.33. The van der Waals surface area contributed by atoms with Gasteiger partial charge in [-0.25, -0.2) is 14.0 Å². The molecule has 4 rings (SSSR count). The maximum absolute atomic E-state index is 12.7. The molecule has 26 heavy (non-hydrogen) atoms. The molecule has 2 aromatic heterocycles. The van der Waals surface area contributed by atoms with Gasteiger partial charge < -0.3 is 4.74 Å². The van der Waals surface area contributed by atoms with Crippen LogP contribution in [0.2, 0.25) is 0 Å². The van der Waals surface area contributed by atoms with Crippen molar-refractivity contribution >= 4 is 0 Å². The number of rotatable bonds is 5. The van der Waals surface area contributed by atoms with E-state index in [1.807, 2.05) is 48.5 Å². The van der Waals surface area contributed by atoms with Crippen molar-refractivity contribution in [1.29, 1.82) is 0 Å². The molecule has 0 saturated carbocycles. The Balaban J connectivity index is 1.69. The van der Waals surface area contributed by atoms with Crippen LogP contribution >= 0.6 is 0 Å². The summed E-state index contributed by atoms with van der Waals surface area (Å²) >= 11 is 0. The Morgan fingerprint density at radius 1 is 1.15 bits per heavy atom. The van der Waals surface area contributed by atoms with E-state index >= 15 is 0 Å². The van der Waals surface area contributed by atoms with E-state index in [9.17, 15) is 4.79 Å². The second-order valence-electron chi connectivity index (χ2n) is 5.80. The number of methoxy groups -OCH3 is 1. The molecule has 0 unspecified atom stereocenters. The van der Waals surface area contributed by atoms with Crippen LogP contribution in [0.3, 0.4) is 0 Å². The summed E-state index contributed by atoms with van der Waals surface area (Å²) in [6.45, 7) is 0.427. The van der Waals surface area contributed by atoms with Crippen LogP contribution in [0.5, 0.6) is 5.75 Å². The van der Waals surface area contributed by atoms with Gasteiger partial charge in [-0.1, -0.05) is 30.3 Å². The first-order chi connectivity index (χ1) is 12.8. The number of hydrogen-bond donors (Lipinski definition) is 1. The van der Waals surface area contributed by atoms with E-state index in [0.29, 0.717) is 18.0 Å². The molecule has 130 valence electrons. The minimum atomic E-state index is -0.202. The Hall–Kier alpha value is -3.61. The van der Waals surface area contributed by atoms with E-state index in [1.165, 1.54) is 15.6 Å². The highest BCUT2D eigenvalue weighted by atomic mass is 16.5. The summed E-state index contributed by atoms with van der Waals surface area (Å²) in [7, 11) is 1.60. The van der Waals surface area contributed by atoms with Gasteiger partial charge in [-0.3, -0.25) is 5.10 Å². The summed E-state index contributed by atoms with van der Waals surface area (Å²) < 4.78 is 8.43. The lowest BCUT2D eigenvalue weighted by atomic mass is 10.1. The maximum atomic E-state index is 12.7. The zero-order chi connectivity index (χ0) is 17.9. The number of H-pyrrole nitrogens is 1. The van der Waals surface area contributed by atoms with E-state index in [-0.39, 0.29) is 5.69 Å². The molecule has 2 aromatic carbocycles. The third-order valence-corrected chi connectivity index (χ3v) is 4.18. The third-order valence-electron chi connectivity index (χ3n) is 4.18. The Labute approximate surface area is 149 Å². The van der Waals surface area contributed by atoms with Gasteiger partial charge in [0.2, 0.25) is 0 Å². The second-order valence-corrected chi connectivity index (χ2v) is 5.80. The molecule has 0 atom stereocenters. The number of benzene rings is 2. The fourth-order valence-electron chi connectivity index (χ4n) is 2.85. The van der Waals surface area contributed by atoms with Gasteiger partial charge in [0.25, 0.3) is 0 Å². The Kier molecular flexibility index (Phi) is 4.10. The van der Waals surface area contributed by atoms with Crippen molar-refractivity contribution in [2.24, 2.45) is 0 Å². The average Bonchev–Trinajstić information content (AvgIpc) is 3.33. The average molecular weight is 347 g/mol. The highest BCUT2D eigenvalue weighted by molar-refractivity contribution is 5.71. The number of hydrogen-bond acceptors (Lipinski definition) is 4. The Bertz CT molecular complexity index is 1070. The van der Waals surface area contributed by atoms with Gasteiger partial charge in [0.1, 0.15) is 12.1 Å². The van der Waals surface area contributed by atoms with Gasteiger partial charge in [-0.05, 0) is 17.7 Å². The molecule has 0 amide bonds. The smallest absolute Gasteiger partial charge is 0.350 e. The van der Waals surface area contributed by atoms with Crippen LogP contribution in [0.4, 0.5) is 0 Å². The maximum Gasteiger partial charge on any atom is 0.350 e. The van der Waals surface area contributed by atoms with E-state index in [2.05, 4.69) is 15.3 Å². The van der Waals surface area contributed by atoms with Crippen molar-refractivity contribution in [2.75, 3.05) is 7.11 Å². The molecule has 7 heteroatoms. The molecular weight excluding hydrogens is 330 g/mol. The van der Waals surface area contributed by atoms with Crippen molar-refractivity contribution < 1.29 is 4.74 Å². The molecule has 2 heterocycles. The summed E-state index contributed by atoms with van der Waals surface area (Å²) in [5, 5.41) is 11.0. The molecule has 0 bridgehead atoms. The van der Waals surface area contributed by atoms with Gasteiger partial charge in [0.05, 0.1) is 25.5 Å². The number of ether oxygens (including phenoxy) is 1. The first-order valence-corrected chi connectivity index (χ1v) is 8.12. The highest BCUT2D eigenvalue weighted by Gasteiger charge is 2.12. The fraction of sp³-hybridized carbons (Fsp3) is 0.105. The summed E-state index contributed by atoms with van der Waals surface area (Å²) in [6, 6.07) is 15.3. The highest BCUT2D eigenvalue weighted by Crippen LogP contribution is 2.30. The molecule has 0 saturated heterocycles. The van der Waals surface area contributed by atoms with E-state index in [4.69, 9.17) is 4.74 Å². The molecule has 1 N–H and O–H groups in total. The number of nitrogens with one attached hydrogen (secondary N) is 1. The number of aromatic nitrogens is 5. The number of nitrogens with zero attached hydrogens (tertiary/aromatic N) is 4. The van der Waals surface area contributed by atoms with Gasteiger partial charge >= 0.3 is 5.69 Å². The van der Waals surface area contributed by atoms with Crippen LogP contribution in [0, 0.1) is 0 Å². The van der Waals surface area contributed by atoms with Crippen molar-refractivity contribution in [3.8, 4) is 22.6 Å². The lowest BCUT2D eigenvalue weighted by molar-refractivity contribution is 0.416. The van der Waals surface area contributed by atoms with Crippen molar-refractivity contribution in [2.45, 2.75) is 6.54 Å². The van der Waals surface area contributed by atoms with Crippen molar-refractivity contribution in [1.82, 2.24) is 24.5 Å². The first kappa shape index (κ1) is 15.9. The minimum absolute atomic E-state index is 0.202. The van der Waals surface area contributed by atoms with E-state index in [1.54, 1.807) is 19.5 Å². The molecule has 0 radical (unpaired) electrons. The predicted octanol–water partition coefficient (Wildman–Crippen LogP) is 2.48. The molecule has 0 fully saturated rings. The van der Waals surface area contributed by atoms with Gasteiger partial charge in [-0.15, -0.1) is 0 Å². The van der Waals surface area contributed by atoms with Gasteiger partial charge in [0, 0.05) is 23.4 Å². The summed E-state index contributed by atoms with van der Waals surface area (Å²) in [5.74, 6) is 0.659. The SMILES string of the molecule is COc1cc(-n2cnn(Cc3ccccc3)c2=O)ccc1-c1cn[nH]c1. The first-order valence-electron chi connectivity index (χ1n) is 8.12. The summed E-state index contributed by atoms with van der Waals surface area (Å²) in [6.07, 6.45) is 5.04. The predicted molar refractivity (Wildman–Crippen MR) is 97.5 cm³/mol. The molecule has 7 nitrogen and oxygen atoms in total. The Morgan fingerprint density at radius 3 is 2.73 bits per heavy atom. The molecule has 0 aliphatic rings. The Morgan fingerprint density at radius 2 is 2.00 bits per heavy atom. The van der Waals surface area contributed by atoms with Crippen LogP contribution in [0.1, 0.15) is 5.56 Å². The zero-order valence-corrected chi connectivity index (χ0v) is 14.2. The van der Waals surface area contributed by atoms with Crippen LogP contribution in [-0.2, 0) is 6.54 Å². The lowest BCUT2D eigenvalue weighted by Gasteiger charge is -2.09. The summed E-state index contributed by atoms with van der Waals surface area (Å²) in [4.78, 5) is 12.7. The zero-order valence-electron chi connectivity index (χ0n) is 14.2. The monoisotopic (exact) mass is 347 g/mol. The standard InChI is InChI=1S/C19H17N5O2/c1-26-18-9-16(7-8-17(18)15-10-20-21-11-15)23-13-22-24(19(23)25)12-14-5-3-2-4-6-14/h2-11,13H,12H2,1H3,(H,20,21).